The van der Waals surface area contributed by atoms with Crippen molar-refractivity contribution in [3.63, 3.8) is 0 Å². The van der Waals surface area contributed by atoms with Gasteiger partial charge < -0.3 is 20.3 Å². The molecule has 0 aromatic heterocycles. The molecule has 5 nitrogen and oxygen atoms in total. The lowest BCUT2D eigenvalue weighted by atomic mass is 10.1. The first-order valence-electron chi connectivity index (χ1n) is 7.89. The van der Waals surface area contributed by atoms with Crippen LogP contribution in [-0.4, -0.2) is 51.8 Å². The predicted octanol–water partition coefficient (Wildman–Crippen LogP) is -1.33. The van der Waals surface area contributed by atoms with E-state index in [1.54, 1.807) is 4.90 Å². The molecule has 1 aromatic rings. The maximum absolute atomic E-state index is 11.8. The average Bonchev–Trinajstić information content (AvgIpc) is 2.53. The van der Waals surface area contributed by atoms with Crippen LogP contribution < -0.4 is 15.5 Å². The van der Waals surface area contributed by atoms with Gasteiger partial charge in [-0.05, 0) is 24.1 Å². The minimum atomic E-state index is 0.0659. The Kier molecular flexibility index (Phi) is 6.66. The number of quaternary nitrogens is 2. The van der Waals surface area contributed by atoms with Gasteiger partial charge in [0.2, 0.25) is 0 Å². The molecular weight excluding hydrogens is 266 g/mol. The second kappa shape index (κ2) is 8.77. The van der Waals surface area contributed by atoms with Crippen molar-refractivity contribution >= 4 is 11.6 Å². The Morgan fingerprint density at radius 2 is 2.00 bits per heavy atom. The van der Waals surface area contributed by atoms with Crippen molar-refractivity contribution in [2.75, 3.05) is 51.3 Å². The van der Waals surface area contributed by atoms with Gasteiger partial charge >= 0.3 is 0 Å². The number of carbonyl (C=O) groups is 1. The number of ether oxygens (including phenoxy) is 1. The Balaban J connectivity index is 1.60. The van der Waals surface area contributed by atoms with E-state index < -0.39 is 0 Å². The first-order valence-corrected chi connectivity index (χ1v) is 7.89. The number of hydrogen-bond donors (Lipinski definition) is 3. The number of rotatable bonds is 7. The van der Waals surface area contributed by atoms with Gasteiger partial charge in [-0.15, -0.1) is 0 Å². The summed E-state index contributed by atoms with van der Waals surface area (Å²) in [6.07, 6.45) is 1.02. The smallest absolute Gasteiger partial charge is 0.279 e. The zero-order valence-corrected chi connectivity index (χ0v) is 12.9. The summed E-state index contributed by atoms with van der Waals surface area (Å²) in [4.78, 5) is 13.4. The van der Waals surface area contributed by atoms with Crippen molar-refractivity contribution in [1.29, 1.82) is 0 Å². The van der Waals surface area contributed by atoms with Gasteiger partial charge in [0.1, 0.15) is 26.2 Å². The molecule has 1 heterocycles. The number of nitrogens with two attached hydrogens (primary N) is 1. The van der Waals surface area contributed by atoms with Gasteiger partial charge in [0, 0.05) is 5.69 Å². The van der Waals surface area contributed by atoms with Crippen molar-refractivity contribution in [3.05, 3.63) is 29.8 Å². The molecule has 1 saturated heterocycles. The Morgan fingerprint density at radius 1 is 1.29 bits per heavy atom. The molecule has 2 rings (SSSR count). The fourth-order valence-electron chi connectivity index (χ4n) is 2.49. The molecule has 0 bridgehead atoms. The van der Waals surface area contributed by atoms with Crippen molar-refractivity contribution in [3.8, 4) is 0 Å². The largest absolute Gasteiger partial charge is 0.370 e. The highest BCUT2D eigenvalue weighted by molar-refractivity contribution is 5.91. The van der Waals surface area contributed by atoms with E-state index in [9.17, 15) is 4.79 Å². The first-order chi connectivity index (χ1) is 10.3. The van der Waals surface area contributed by atoms with Crippen molar-refractivity contribution < 1.29 is 19.7 Å². The Bertz CT molecular complexity index is 428. The molecule has 1 aliphatic rings. The lowest BCUT2D eigenvalue weighted by molar-refractivity contribution is -0.919. The number of hydrogen-bond acceptors (Lipinski definition) is 2. The molecular formula is C16H27N3O2+2. The number of morpholine rings is 1. The van der Waals surface area contributed by atoms with Crippen LogP contribution in [0.1, 0.15) is 12.5 Å². The fourth-order valence-corrected chi connectivity index (χ4v) is 2.49. The first kappa shape index (κ1) is 15.9. The number of carbonyl (C=O) groups excluding carboxylic acids is 1. The normalized spacial score (nSPS) is 15.9. The van der Waals surface area contributed by atoms with Crippen molar-refractivity contribution in [2.45, 2.75) is 13.3 Å². The van der Waals surface area contributed by atoms with Gasteiger partial charge in [-0.1, -0.05) is 19.1 Å². The molecule has 4 N–H and O–H groups in total. The van der Waals surface area contributed by atoms with E-state index in [1.165, 1.54) is 5.56 Å². The van der Waals surface area contributed by atoms with E-state index in [0.29, 0.717) is 6.54 Å². The lowest BCUT2D eigenvalue weighted by Gasteiger charge is -2.22. The number of anilines is 1. The van der Waals surface area contributed by atoms with Gasteiger partial charge in [0.15, 0.2) is 6.54 Å². The highest BCUT2D eigenvalue weighted by Gasteiger charge is 2.14. The summed E-state index contributed by atoms with van der Waals surface area (Å²) in [5, 5.41) is 5.02. The molecule has 0 atom stereocenters. The average molecular weight is 293 g/mol. The van der Waals surface area contributed by atoms with E-state index in [1.807, 2.05) is 12.1 Å². The van der Waals surface area contributed by atoms with Crippen molar-refractivity contribution in [2.24, 2.45) is 0 Å². The minimum absolute atomic E-state index is 0.0659. The van der Waals surface area contributed by atoms with Crippen LogP contribution >= 0.6 is 0 Å². The molecule has 0 saturated carbocycles. The molecule has 5 heteroatoms. The molecule has 0 spiro atoms. The summed E-state index contributed by atoms with van der Waals surface area (Å²) >= 11 is 0. The Labute approximate surface area is 126 Å². The van der Waals surface area contributed by atoms with E-state index in [0.717, 1.165) is 51.5 Å². The van der Waals surface area contributed by atoms with Gasteiger partial charge in [-0.3, -0.25) is 4.79 Å². The zero-order chi connectivity index (χ0) is 14.9. The molecule has 0 radical (unpaired) electrons. The second-order valence-electron chi connectivity index (χ2n) is 5.49. The quantitative estimate of drug-likeness (QED) is 0.545. The standard InChI is InChI=1S/C16H25N3O2/c1-2-14-3-5-15(6-4-14)18-16(20)13-17-7-8-19-9-11-21-12-10-19/h3-6,17H,2,7-13H2,1H3,(H,18,20)/p+2. The lowest BCUT2D eigenvalue weighted by Crippen LogP contribution is -3.16. The highest BCUT2D eigenvalue weighted by atomic mass is 16.5. The highest BCUT2D eigenvalue weighted by Crippen LogP contribution is 2.09. The number of nitrogens with one attached hydrogen (secondary N) is 2. The van der Waals surface area contributed by atoms with Gasteiger partial charge in [0.05, 0.1) is 13.2 Å². The monoisotopic (exact) mass is 293 g/mol. The van der Waals surface area contributed by atoms with Gasteiger partial charge in [-0.2, -0.15) is 0 Å². The van der Waals surface area contributed by atoms with Crippen LogP contribution in [0, 0.1) is 0 Å². The third-order valence-electron chi connectivity index (χ3n) is 3.88. The maximum atomic E-state index is 11.8. The third kappa shape index (κ3) is 5.83. The minimum Gasteiger partial charge on any atom is -0.370 e. The maximum Gasteiger partial charge on any atom is 0.279 e. The molecule has 1 aliphatic heterocycles. The summed E-state index contributed by atoms with van der Waals surface area (Å²) in [6.45, 7) is 8.60. The molecule has 21 heavy (non-hydrogen) atoms. The second-order valence-corrected chi connectivity index (χ2v) is 5.49. The molecule has 1 aromatic carbocycles. The Morgan fingerprint density at radius 3 is 2.67 bits per heavy atom. The third-order valence-corrected chi connectivity index (χ3v) is 3.88. The number of amides is 1. The zero-order valence-electron chi connectivity index (χ0n) is 12.9. The van der Waals surface area contributed by atoms with Gasteiger partial charge in [0.25, 0.3) is 5.91 Å². The van der Waals surface area contributed by atoms with Crippen LogP contribution in [0.25, 0.3) is 0 Å². The molecule has 1 amide bonds. The van der Waals surface area contributed by atoms with E-state index in [2.05, 4.69) is 29.7 Å². The summed E-state index contributed by atoms with van der Waals surface area (Å²) in [5.41, 5.74) is 2.16. The van der Waals surface area contributed by atoms with Crippen LogP contribution in [0.5, 0.6) is 0 Å². The summed E-state index contributed by atoms with van der Waals surface area (Å²) < 4.78 is 5.33. The summed E-state index contributed by atoms with van der Waals surface area (Å²) in [6, 6.07) is 8.05. The molecule has 116 valence electrons. The summed E-state index contributed by atoms with van der Waals surface area (Å²) in [7, 11) is 0. The van der Waals surface area contributed by atoms with Gasteiger partial charge in [-0.25, -0.2) is 0 Å². The van der Waals surface area contributed by atoms with Crippen LogP contribution in [0.3, 0.4) is 0 Å². The molecule has 1 fully saturated rings. The van der Waals surface area contributed by atoms with E-state index in [4.69, 9.17) is 4.74 Å². The topological polar surface area (TPSA) is 59.4 Å². The van der Waals surface area contributed by atoms with Crippen LogP contribution in [0.15, 0.2) is 24.3 Å². The summed E-state index contributed by atoms with van der Waals surface area (Å²) in [5.74, 6) is 0.0659. The fraction of sp³-hybridized carbons (Fsp3) is 0.562. The van der Waals surface area contributed by atoms with Crippen molar-refractivity contribution in [1.82, 2.24) is 0 Å². The van der Waals surface area contributed by atoms with Crippen LogP contribution in [0.4, 0.5) is 5.69 Å². The molecule has 0 aliphatic carbocycles. The predicted molar refractivity (Wildman–Crippen MR) is 82.5 cm³/mol. The number of aryl methyl sites for hydroxylation is 1. The van der Waals surface area contributed by atoms with E-state index >= 15 is 0 Å². The number of benzene rings is 1. The van der Waals surface area contributed by atoms with E-state index in [-0.39, 0.29) is 5.91 Å². The van der Waals surface area contributed by atoms with Crippen LogP contribution in [-0.2, 0) is 16.0 Å². The van der Waals surface area contributed by atoms with Crippen LogP contribution in [0.2, 0.25) is 0 Å². The molecule has 0 unspecified atom stereocenters. The SMILES string of the molecule is CCc1ccc(NC(=O)C[NH2+]CC[NH+]2CCOCC2)cc1. The Hall–Kier alpha value is -1.43.